The number of rotatable bonds is 3. The van der Waals surface area contributed by atoms with E-state index in [0.717, 1.165) is 25.9 Å². The van der Waals surface area contributed by atoms with Crippen LogP contribution in [-0.4, -0.2) is 73.7 Å². The lowest BCUT2D eigenvalue weighted by Crippen LogP contribution is -2.32. The number of fused-ring (bicyclic) bond motifs is 2. The molecule has 0 radical (unpaired) electrons. The molecule has 0 aliphatic carbocycles. The standard InChI is InChI=1S/C21H22N4O5/c1-10-19(27)13(9-22-11-5-7-25(2)8-6-11)16-18(20(10)28)24-15-12(21(29)30)3-4-14(26)17(15)23-16/h3-4,9,11,26-28H,5-8H2,1-2H3,(H,29,30). The number of piperidine rings is 1. The average molecular weight is 410 g/mol. The lowest BCUT2D eigenvalue weighted by molar-refractivity contribution is 0.0699. The van der Waals surface area contributed by atoms with Gasteiger partial charge in [0.2, 0.25) is 0 Å². The van der Waals surface area contributed by atoms with Gasteiger partial charge in [-0.1, -0.05) is 0 Å². The maximum atomic E-state index is 11.6. The van der Waals surface area contributed by atoms with Gasteiger partial charge < -0.3 is 25.3 Å². The Bertz CT molecular complexity index is 1200. The first kappa shape index (κ1) is 19.8. The van der Waals surface area contributed by atoms with Crippen LogP contribution in [0.25, 0.3) is 22.1 Å². The van der Waals surface area contributed by atoms with Crippen molar-refractivity contribution in [3.63, 3.8) is 0 Å². The van der Waals surface area contributed by atoms with Gasteiger partial charge in [-0.3, -0.25) is 4.99 Å². The van der Waals surface area contributed by atoms with Crippen LogP contribution in [0.5, 0.6) is 17.2 Å². The number of aromatic nitrogens is 2. The third-order valence-electron chi connectivity index (χ3n) is 5.58. The van der Waals surface area contributed by atoms with E-state index in [4.69, 9.17) is 0 Å². The fourth-order valence-electron chi connectivity index (χ4n) is 3.70. The molecule has 1 fully saturated rings. The Morgan fingerprint density at radius 2 is 1.73 bits per heavy atom. The molecule has 1 aliphatic heterocycles. The molecule has 2 aromatic carbocycles. The van der Waals surface area contributed by atoms with Gasteiger partial charge in [0.25, 0.3) is 0 Å². The molecule has 9 nitrogen and oxygen atoms in total. The monoisotopic (exact) mass is 410 g/mol. The van der Waals surface area contributed by atoms with Crippen molar-refractivity contribution in [3.05, 3.63) is 28.8 Å². The van der Waals surface area contributed by atoms with Crippen LogP contribution < -0.4 is 0 Å². The van der Waals surface area contributed by atoms with Crippen molar-refractivity contribution in [2.45, 2.75) is 25.8 Å². The van der Waals surface area contributed by atoms with Crippen molar-refractivity contribution in [1.29, 1.82) is 0 Å². The van der Waals surface area contributed by atoms with Gasteiger partial charge in [-0.15, -0.1) is 0 Å². The van der Waals surface area contributed by atoms with Gasteiger partial charge in [0.1, 0.15) is 39.3 Å². The van der Waals surface area contributed by atoms with Gasteiger partial charge >= 0.3 is 5.97 Å². The van der Waals surface area contributed by atoms with Gasteiger partial charge in [0, 0.05) is 11.8 Å². The van der Waals surface area contributed by atoms with Gasteiger partial charge in [-0.2, -0.15) is 0 Å². The zero-order valence-corrected chi connectivity index (χ0v) is 16.6. The van der Waals surface area contributed by atoms with Gasteiger partial charge in [0.15, 0.2) is 0 Å². The summed E-state index contributed by atoms with van der Waals surface area (Å²) in [6.07, 6.45) is 3.30. The maximum absolute atomic E-state index is 11.6. The molecule has 0 unspecified atom stereocenters. The number of aromatic carboxylic acids is 1. The zero-order valence-electron chi connectivity index (χ0n) is 16.6. The van der Waals surface area contributed by atoms with Gasteiger partial charge in [-0.25, -0.2) is 14.8 Å². The Morgan fingerprint density at radius 1 is 1.07 bits per heavy atom. The minimum atomic E-state index is -1.23. The highest BCUT2D eigenvalue weighted by Crippen LogP contribution is 2.39. The van der Waals surface area contributed by atoms with E-state index in [1.54, 1.807) is 0 Å². The Morgan fingerprint density at radius 3 is 2.40 bits per heavy atom. The van der Waals surface area contributed by atoms with Crippen LogP contribution in [0.3, 0.4) is 0 Å². The number of hydrogen-bond donors (Lipinski definition) is 4. The van der Waals surface area contributed by atoms with Crippen LogP contribution in [-0.2, 0) is 0 Å². The number of aromatic hydroxyl groups is 3. The van der Waals surface area contributed by atoms with E-state index in [9.17, 15) is 25.2 Å². The summed E-state index contributed by atoms with van der Waals surface area (Å²) in [6.45, 7) is 3.39. The van der Waals surface area contributed by atoms with Crippen molar-refractivity contribution >= 4 is 34.3 Å². The summed E-state index contributed by atoms with van der Waals surface area (Å²) in [5, 5.41) is 40.9. The Hall–Kier alpha value is -3.46. The van der Waals surface area contributed by atoms with Crippen LogP contribution in [0, 0.1) is 6.92 Å². The summed E-state index contributed by atoms with van der Waals surface area (Å²) in [7, 11) is 2.06. The molecular weight excluding hydrogens is 388 g/mol. The SMILES string of the molecule is Cc1c(O)c(C=NC2CCN(C)CC2)c2nc3c(O)ccc(C(=O)O)c3nc2c1O. The summed E-state index contributed by atoms with van der Waals surface area (Å²) in [5.74, 6) is -1.96. The molecule has 4 N–H and O–H groups in total. The highest BCUT2D eigenvalue weighted by molar-refractivity contribution is 6.08. The first-order valence-corrected chi connectivity index (χ1v) is 9.60. The third kappa shape index (κ3) is 3.26. The van der Waals surface area contributed by atoms with E-state index >= 15 is 0 Å². The minimum Gasteiger partial charge on any atom is -0.507 e. The Balaban J connectivity index is 1.95. The minimum absolute atomic E-state index is 0.0287. The van der Waals surface area contributed by atoms with Crippen molar-refractivity contribution in [3.8, 4) is 17.2 Å². The molecule has 1 aliphatic rings. The van der Waals surface area contributed by atoms with Crippen molar-refractivity contribution in [2.75, 3.05) is 20.1 Å². The summed E-state index contributed by atoms with van der Waals surface area (Å²) >= 11 is 0. The highest BCUT2D eigenvalue weighted by atomic mass is 16.4. The predicted octanol–water partition coefficient (Wildman–Crippen LogP) is 2.42. The molecule has 3 aromatic rings. The molecule has 9 heteroatoms. The van der Waals surface area contributed by atoms with E-state index in [1.165, 1.54) is 25.3 Å². The van der Waals surface area contributed by atoms with Gasteiger partial charge in [0.05, 0.1) is 17.2 Å². The molecule has 4 rings (SSSR count). The fraction of sp³-hybridized carbons (Fsp3) is 0.333. The molecule has 0 spiro atoms. The number of likely N-dealkylation sites (tertiary alicyclic amines) is 1. The van der Waals surface area contributed by atoms with Crippen LogP contribution >= 0.6 is 0 Å². The second-order valence-corrected chi connectivity index (χ2v) is 7.60. The first-order valence-electron chi connectivity index (χ1n) is 9.60. The van der Waals surface area contributed by atoms with Crippen molar-refractivity contribution < 1.29 is 25.2 Å². The number of aliphatic imine (C=N–C) groups is 1. The lowest BCUT2D eigenvalue weighted by Gasteiger charge is -2.26. The topological polar surface area (TPSA) is 139 Å². The molecule has 1 saturated heterocycles. The molecule has 30 heavy (non-hydrogen) atoms. The molecule has 2 heterocycles. The molecule has 0 saturated carbocycles. The van der Waals surface area contributed by atoms with E-state index in [1.807, 2.05) is 0 Å². The number of hydrogen-bond acceptors (Lipinski definition) is 8. The second kappa shape index (κ2) is 7.42. The quantitative estimate of drug-likeness (QED) is 0.381. The summed E-state index contributed by atoms with van der Waals surface area (Å²) in [4.78, 5) is 27.0. The molecule has 1 aromatic heterocycles. The molecule has 156 valence electrons. The average Bonchev–Trinajstić information content (AvgIpc) is 2.72. The van der Waals surface area contributed by atoms with Crippen LogP contribution in [0.2, 0.25) is 0 Å². The number of carboxylic acid groups (broad SMARTS) is 1. The Kier molecular flexibility index (Phi) is 4.90. The van der Waals surface area contributed by atoms with E-state index < -0.39 is 5.97 Å². The Labute approximate surface area is 172 Å². The van der Waals surface area contributed by atoms with Gasteiger partial charge in [-0.05, 0) is 52.0 Å². The second-order valence-electron chi connectivity index (χ2n) is 7.60. The number of nitrogens with zero attached hydrogens (tertiary/aromatic N) is 4. The number of carboxylic acids is 1. The van der Waals surface area contributed by atoms with E-state index in [2.05, 4.69) is 26.9 Å². The molecular formula is C21H22N4O5. The summed E-state index contributed by atoms with van der Waals surface area (Å²) < 4.78 is 0. The van der Waals surface area contributed by atoms with Crippen molar-refractivity contribution in [2.24, 2.45) is 4.99 Å². The lowest BCUT2D eigenvalue weighted by atomic mass is 10.0. The number of carbonyl (C=O) groups is 1. The first-order chi connectivity index (χ1) is 14.3. The predicted molar refractivity (Wildman–Crippen MR) is 112 cm³/mol. The smallest absolute Gasteiger partial charge is 0.337 e. The summed E-state index contributed by atoms with van der Waals surface area (Å²) in [6, 6.07) is 2.56. The largest absolute Gasteiger partial charge is 0.507 e. The summed E-state index contributed by atoms with van der Waals surface area (Å²) in [5.41, 5.74) is 0.413. The maximum Gasteiger partial charge on any atom is 0.337 e. The normalized spacial score (nSPS) is 16.1. The zero-order chi connectivity index (χ0) is 21.6. The van der Waals surface area contributed by atoms with Crippen LogP contribution in [0.15, 0.2) is 17.1 Å². The fourth-order valence-corrected chi connectivity index (χ4v) is 3.70. The van der Waals surface area contributed by atoms with Crippen LogP contribution in [0.1, 0.15) is 34.3 Å². The third-order valence-corrected chi connectivity index (χ3v) is 5.58. The number of phenols is 3. The van der Waals surface area contributed by atoms with E-state index in [-0.39, 0.29) is 62.0 Å². The molecule has 0 bridgehead atoms. The molecule has 0 amide bonds. The highest BCUT2D eigenvalue weighted by Gasteiger charge is 2.22. The number of benzene rings is 2. The van der Waals surface area contributed by atoms with E-state index in [0.29, 0.717) is 0 Å². The number of phenolic OH excluding ortho intramolecular Hbond substituents is 3. The van der Waals surface area contributed by atoms with Crippen LogP contribution in [0.4, 0.5) is 0 Å². The molecule has 0 atom stereocenters. The van der Waals surface area contributed by atoms with Crippen molar-refractivity contribution in [1.82, 2.24) is 14.9 Å².